The summed E-state index contributed by atoms with van der Waals surface area (Å²) >= 11 is 6.17. The van der Waals surface area contributed by atoms with Crippen molar-refractivity contribution in [2.45, 2.75) is 33.7 Å². The van der Waals surface area contributed by atoms with Gasteiger partial charge >= 0.3 is 0 Å². The molecule has 21 heavy (non-hydrogen) atoms. The summed E-state index contributed by atoms with van der Waals surface area (Å²) in [5, 5.41) is 4.12. The van der Waals surface area contributed by atoms with Gasteiger partial charge in [0.05, 0.1) is 0 Å². The van der Waals surface area contributed by atoms with Crippen molar-refractivity contribution in [2.24, 2.45) is 0 Å². The van der Waals surface area contributed by atoms with Crippen LogP contribution in [0.25, 0.3) is 11.1 Å². The number of hydrogen-bond acceptors (Lipinski definition) is 1. The zero-order valence-corrected chi connectivity index (χ0v) is 13.5. The van der Waals surface area contributed by atoms with E-state index >= 15 is 0 Å². The molecule has 1 nitrogen and oxygen atoms in total. The molecule has 1 N–H and O–H groups in total. The lowest BCUT2D eigenvalue weighted by atomic mass is 9.92. The highest BCUT2D eigenvalue weighted by Gasteiger charge is 2.12. The number of nitrogens with one attached hydrogen (secondary N) is 1. The quantitative estimate of drug-likeness (QED) is 0.743. The zero-order chi connectivity index (χ0) is 15.4. The van der Waals surface area contributed by atoms with Crippen LogP contribution < -0.4 is 5.32 Å². The van der Waals surface area contributed by atoms with Crippen LogP contribution >= 0.6 is 11.6 Å². The van der Waals surface area contributed by atoms with E-state index in [1.54, 1.807) is 12.1 Å². The second kappa shape index (κ2) is 7.06. The van der Waals surface area contributed by atoms with Crippen LogP contribution in [-0.4, -0.2) is 6.54 Å². The molecule has 0 atom stereocenters. The molecule has 0 aliphatic heterocycles. The first-order chi connectivity index (χ1) is 10.0. The monoisotopic (exact) mass is 305 g/mol. The maximum Gasteiger partial charge on any atom is 0.123 e. The van der Waals surface area contributed by atoms with Crippen molar-refractivity contribution in [3.63, 3.8) is 0 Å². The molecule has 0 saturated heterocycles. The molecule has 0 aliphatic rings. The molecule has 0 saturated carbocycles. The Morgan fingerprint density at radius 2 is 1.76 bits per heavy atom. The van der Waals surface area contributed by atoms with Gasteiger partial charge in [-0.15, -0.1) is 0 Å². The van der Waals surface area contributed by atoms with E-state index in [1.807, 2.05) is 32.0 Å². The molecule has 0 amide bonds. The van der Waals surface area contributed by atoms with Crippen molar-refractivity contribution in [1.82, 2.24) is 5.32 Å². The summed E-state index contributed by atoms with van der Waals surface area (Å²) < 4.78 is 13.5. The second-order valence-corrected chi connectivity index (χ2v) is 5.83. The first kappa shape index (κ1) is 16.0. The van der Waals surface area contributed by atoms with Crippen LogP contribution in [0.1, 0.15) is 30.0 Å². The van der Waals surface area contributed by atoms with Crippen molar-refractivity contribution < 1.29 is 4.39 Å². The minimum atomic E-state index is -0.193. The molecule has 2 aromatic rings. The number of hydrogen-bond donors (Lipinski definition) is 1. The molecule has 0 fully saturated rings. The molecule has 0 aromatic heterocycles. The van der Waals surface area contributed by atoms with Crippen LogP contribution in [0.15, 0.2) is 30.3 Å². The van der Waals surface area contributed by atoms with Crippen molar-refractivity contribution >= 4 is 11.6 Å². The molecule has 0 bridgehead atoms. The fourth-order valence-corrected chi connectivity index (χ4v) is 2.84. The predicted molar refractivity (Wildman–Crippen MR) is 88.3 cm³/mol. The van der Waals surface area contributed by atoms with E-state index < -0.39 is 0 Å². The van der Waals surface area contributed by atoms with Gasteiger partial charge in [0.2, 0.25) is 0 Å². The van der Waals surface area contributed by atoms with E-state index in [1.165, 1.54) is 5.56 Å². The Morgan fingerprint density at radius 1 is 1.10 bits per heavy atom. The minimum absolute atomic E-state index is 0.193. The van der Waals surface area contributed by atoms with Gasteiger partial charge < -0.3 is 5.32 Å². The Balaban J connectivity index is 2.49. The lowest BCUT2D eigenvalue weighted by molar-refractivity contribution is 0.625. The summed E-state index contributed by atoms with van der Waals surface area (Å²) in [6.45, 7) is 7.79. The van der Waals surface area contributed by atoms with Crippen LogP contribution in [0.3, 0.4) is 0 Å². The molecule has 0 aliphatic carbocycles. The Kier molecular flexibility index (Phi) is 5.38. The summed E-state index contributed by atoms with van der Waals surface area (Å²) in [6.07, 6.45) is 1.09. The molecule has 2 aromatic carbocycles. The third kappa shape index (κ3) is 3.84. The third-order valence-corrected chi connectivity index (χ3v) is 3.82. The highest BCUT2D eigenvalue weighted by molar-refractivity contribution is 6.30. The third-order valence-electron chi connectivity index (χ3n) is 3.58. The van der Waals surface area contributed by atoms with Gasteiger partial charge in [-0.3, -0.25) is 0 Å². The van der Waals surface area contributed by atoms with E-state index in [0.29, 0.717) is 5.02 Å². The van der Waals surface area contributed by atoms with Gasteiger partial charge in [0.15, 0.2) is 0 Å². The maximum atomic E-state index is 13.5. The van der Waals surface area contributed by atoms with Gasteiger partial charge in [-0.25, -0.2) is 4.39 Å². The normalized spacial score (nSPS) is 10.9. The Labute approximate surface area is 131 Å². The number of rotatable bonds is 5. The van der Waals surface area contributed by atoms with E-state index in [9.17, 15) is 4.39 Å². The van der Waals surface area contributed by atoms with Crippen LogP contribution in [0.5, 0.6) is 0 Å². The van der Waals surface area contributed by atoms with Gasteiger partial charge in [-0.05, 0) is 78.9 Å². The van der Waals surface area contributed by atoms with Crippen LogP contribution in [0.4, 0.5) is 4.39 Å². The van der Waals surface area contributed by atoms with E-state index in [4.69, 9.17) is 11.6 Å². The number of halogens is 2. The molecular weight excluding hydrogens is 285 g/mol. The smallest absolute Gasteiger partial charge is 0.123 e. The predicted octanol–water partition coefficient (Wildman–Crippen LogP) is 5.26. The van der Waals surface area contributed by atoms with E-state index in [0.717, 1.165) is 41.8 Å². The molecule has 0 heterocycles. The van der Waals surface area contributed by atoms with Gasteiger partial charge in [0, 0.05) is 11.6 Å². The molecule has 0 radical (unpaired) electrons. The lowest BCUT2D eigenvalue weighted by Gasteiger charge is -2.16. The number of aryl methyl sites for hydroxylation is 2. The molecule has 2 rings (SSSR count). The highest BCUT2D eigenvalue weighted by atomic mass is 35.5. The average Bonchev–Trinajstić information content (AvgIpc) is 2.40. The van der Waals surface area contributed by atoms with E-state index in [2.05, 4.69) is 12.2 Å². The summed E-state index contributed by atoms with van der Waals surface area (Å²) in [5.41, 5.74) is 5.22. The van der Waals surface area contributed by atoms with Crippen molar-refractivity contribution in [3.8, 4) is 11.1 Å². The van der Waals surface area contributed by atoms with Crippen molar-refractivity contribution in [1.29, 1.82) is 0 Å². The minimum Gasteiger partial charge on any atom is -0.313 e. The van der Waals surface area contributed by atoms with Crippen molar-refractivity contribution in [3.05, 3.63) is 57.9 Å². The average molecular weight is 306 g/mol. The molecular formula is C18H21ClFN. The second-order valence-electron chi connectivity index (χ2n) is 5.39. The Morgan fingerprint density at radius 3 is 2.38 bits per heavy atom. The highest BCUT2D eigenvalue weighted by Crippen LogP contribution is 2.32. The van der Waals surface area contributed by atoms with Gasteiger partial charge in [0.1, 0.15) is 5.82 Å². The van der Waals surface area contributed by atoms with Gasteiger partial charge in [-0.1, -0.05) is 24.6 Å². The van der Waals surface area contributed by atoms with Crippen molar-refractivity contribution in [2.75, 3.05) is 6.54 Å². The molecule has 3 heteroatoms. The fourth-order valence-electron chi connectivity index (χ4n) is 2.67. The summed E-state index contributed by atoms with van der Waals surface area (Å²) in [6, 6.07) is 9.07. The van der Waals surface area contributed by atoms with Crippen LogP contribution in [-0.2, 0) is 6.54 Å². The summed E-state index contributed by atoms with van der Waals surface area (Å²) in [7, 11) is 0. The largest absolute Gasteiger partial charge is 0.313 e. The molecule has 0 unspecified atom stereocenters. The van der Waals surface area contributed by atoms with Gasteiger partial charge in [-0.2, -0.15) is 0 Å². The standard InChI is InChI=1S/C18H21ClFN/c1-4-7-21-11-14-5-6-15(19)10-17(14)18-12(2)8-16(20)9-13(18)3/h5-6,8-10,21H,4,7,11H2,1-3H3. The fraction of sp³-hybridized carbons (Fsp3) is 0.333. The summed E-state index contributed by atoms with van der Waals surface area (Å²) in [4.78, 5) is 0. The Hall–Kier alpha value is -1.38. The number of benzene rings is 2. The van der Waals surface area contributed by atoms with Gasteiger partial charge in [0.25, 0.3) is 0 Å². The first-order valence-corrected chi connectivity index (χ1v) is 7.67. The summed E-state index contributed by atoms with van der Waals surface area (Å²) in [5.74, 6) is -0.193. The SMILES string of the molecule is CCCNCc1ccc(Cl)cc1-c1c(C)cc(F)cc1C. The van der Waals surface area contributed by atoms with Crippen LogP contribution in [0, 0.1) is 19.7 Å². The van der Waals surface area contributed by atoms with E-state index in [-0.39, 0.29) is 5.82 Å². The first-order valence-electron chi connectivity index (χ1n) is 7.29. The lowest BCUT2D eigenvalue weighted by Crippen LogP contribution is -2.14. The van der Waals surface area contributed by atoms with Crippen LogP contribution in [0.2, 0.25) is 5.02 Å². The molecule has 0 spiro atoms. The zero-order valence-electron chi connectivity index (χ0n) is 12.8. The Bertz CT molecular complexity index is 614. The maximum absolute atomic E-state index is 13.5. The topological polar surface area (TPSA) is 12.0 Å². The molecule has 112 valence electrons.